The van der Waals surface area contributed by atoms with Crippen molar-refractivity contribution in [3.8, 4) is 0 Å². The van der Waals surface area contributed by atoms with Crippen molar-refractivity contribution < 1.29 is 0 Å². The Kier molecular flexibility index (Phi) is 2.66. The van der Waals surface area contributed by atoms with E-state index >= 15 is 0 Å². The van der Waals surface area contributed by atoms with Crippen molar-refractivity contribution in [2.24, 2.45) is 5.73 Å². The molecule has 0 unspecified atom stereocenters. The van der Waals surface area contributed by atoms with Crippen LogP contribution in [0.1, 0.15) is 4.88 Å². The molecule has 0 spiro atoms. The first-order valence-corrected chi connectivity index (χ1v) is 4.11. The first kappa shape index (κ1) is 7.51. The lowest BCUT2D eigenvalue weighted by Gasteiger charge is -2.01. The minimum absolute atomic E-state index is 0.110. The van der Waals surface area contributed by atoms with Gasteiger partial charge in [-0.1, -0.05) is 12.1 Å². The fraction of sp³-hybridized carbons (Fsp3) is 0.250. The maximum Gasteiger partial charge on any atom is 0.0270 e. The summed E-state index contributed by atoms with van der Waals surface area (Å²) in [6, 6.07) is 4.24. The van der Waals surface area contributed by atoms with Gasteiger partial charge in [-0.05, 0) is 11.4 Å². The Balaban J connectivity index is 2.47. The summed E-state index contributed by atoms with van der Waals surface area (Å²) in [4.78, 5) is 1.33. The van der Waals surface area contributed by atoms with Crippen molar-refractivity contribution in [2.75, 3.05) is 0 Å². The highest BCUT2D eigenvalue weighted by atomic mass is 32.1. The Morgan fingerprint density at radius 2 is 2.60 bits per heavy atom. The van der Waals surface area contributed by atoms with E-state index in [-0.39, 0.29) is 6.04 Å². The summed E-state index contributed by atoms with van der Waals surface area (Å²) in [5, 5.41) is 2.06. The monoisotopic (exact) mass is 153 g/mol. The Morgan fingerprint density at radius 1 is 1.80 bits per heavy atom. The van der Waals surface area contributed by atoms with Gasteiger partial charge in [-0.2, -0.15) is 0 Å². The molecule has 10 heavy (non-hydrogen) atoms. The molecule has 0 radical (unpaired) electrons. The third-order valence-electron chi connectivity index (χ3n) is 1.32. The SMILES string of the molecule is C=C[C@H](N)Cc1cccs1. The van der Waals surface area contributed by atoms with Crippen LogP contribution in [0.3, 0.4) is 0 Å². The molecule has 1 nitrogen and oxygen atoms in total. The van der Waals surface area contributed by atoms with Crippen LogP contribution in [-0.4, -0.2) is 6.04 Å². The Hall–Kier alpha value is -0.600. The van der Waals surface area contributed by atoms with Crippen LogP contribution < -0.4 is 5.73 Å². The molecule has 1 heterocycles. The van der Waals surface area contributed by atoms with E-state index < -0.39 is 0 Å². The fourth-order valence-corrected chi connectivity index (χ4v) is 1.52. The fourth-order valence-electron chi connectivity index (χ4n) is 0.744. The third-order valence-corrected chi connectivity index (χ3v) is 2.22. The number of rotatable bonds is 3. The summed E-state index contributed by atoms with van der Waals surface area (Å²) in [6.07, 6.45) is 2.70. The second-order valence-corrected chi connectivity index (χ2v) is 3.22. The smallest absolute Gasteiger partial charge is 0.0270 e. The van der Waals surface area contributed by atoms with Crippen LogP contribution in [0.25, 0.3) is 0 Å². The molecule has 0 aliphatic carbocycles. The highest BCUT2D eigenvalue weighted by Crippen LogP contribution is 2.10. The highest BCUT2D eigenvalue weighted by Gasteiger charge is 1.98. The average molecular weight is 153 g/mol. The molecular weight excluding hydrogens is 142 g/mol. The van der Waals surface area contributed by atoms with Gasteiger partial charge >= 0.3 is 0 Å². The standard InChI is InChI=1S/C8H11NS/c1-2-7(9)6-8-4-3-5-10-8/h2-5,7H,1,6,9H2/t7-/m0/s1. The van der Waals surface area contributed by atoms with Crippen LogP contribution in [0, 0.1) is 0 Å². The maximum absolute atomic E-state index is 5.65. The van der Waals surface area contributed by atoms with Gasteiger partial charge in [-0.15, -0.1) is 17.9 Å². The summed E-state index contributed by atoms with van der Waals surface area (Å²) in [5.41, 5.74) is 5.65. The van der Waals surface area contributed by atoms with E-state index in [1.54, 1.807) is 17.4 Å². The van der Waals surface area contributed by atoms with Gasteiger partial charge in [0, 0.05) is 17.3 Å². The summed E-state index contributed by atoms with van der Waals surface area (Å²) in [7, 11) is 0. The highest BCUT2D eigenvalue weighted by molar-refractivity contribution is 7.09. The van der Waals surface area contributed by atoms with E-state index in [1.165, 1.54) is 4.88 Å². The Labute approximate surface area is 65.2 Å². The molecule has 0 fully saturated rings. The quantitative estimate of drug-likeness (QED) is 0.658. The molecule has 2 heteroatoms. The van der Waals surface area contributed by atoms with Gasteiger partial charge in [-0.25, -0.2) is 0 Å². The lowest BCUT2D eigenvalue weighted by molar-refractivity contribution is 0.823. The van der Waals surface area contributed by atoms with Gasteiger partial charge in [0.2, 0.25) is 0 Å². The van der Waals surface area contributed by atoms with Crippen molar-refractivity contribution >= 4 is 11.3 Å². The van der Waals surface area contributed by atoms with Crippen molar-refractivity contribution in [1.29, 1.82) is 0 Å². The minimum atomic E-state index is 0.110. The van der Waals surface area contributed by atoms with Gasteiger partial charge in [0.25, 0.3) is 0 Å². The largest absolute Gasteiger partial charge is 0.324 e. The van der Waals surface area contributed by atoms with Crippen LogP contribution in [0.5, 0.6) is 0 Å². The van der Waals surface area contributed by atoms with E-state index in [9.17, 15) is 0 Å². The Bertz CT molecular complexity index is 191. The normalized spacial score (nSPS) is 12.9. The van der Waals surface area contributed by atoms with Crippen LogP contribution >= 0.6 is 11.3 Å². The topological polar surface area (TPSA) is 26.0 Å². The van der Waals surface area contributed by atoms with E-state index in [0.29, 0.717) is 0 Å². The van der Waals surface area contributed by atoms with E-state index in [0.717, 1.165) is 6.42 Å². The molecule has 0 saturated heterocycles. The summed E-state index contributed by atoms with van der Waals surface area (Å²) < 4.78 is 0. The van der Waals surface area contributed by atoms with Gasteiger partial charge < -0.3 is 5.73 Å². The predicted molar refractivity (Wildman–Crippen MR) is 46.2 cm³/mol. The third kappa shape index (κ3) is 1.97. The molecule has 0 amide bonds. The van der Waals surface area contributed by atoms with Crippen molar-refractivity contribution in [3.05, 3.63) is 35.0 Å². The minimum Gasteiger partial charge on any atom is -0.324 e. The summed E-state index contributed by atoms with van der Waals surface area (Å²) >= 11 is 1.74. The van der Waals surface area contributed by atoms with Crippen molar-refractivity contribution in [3.63, 3.8) is 0 Å². The predicted octanol–water partition coefficient (Wildman–Crippen LogP) is 1.80. The molecule has 1 aromatic heterocycles. The average Bonchev–Trinajstić information content (AvgIpc) is 2.40. The molecule has 1 rings (SSSR count). The van der Waals surface area contributed by atoms with Crippen molar-refractivity contribution in [1.82, 2.24) is 0 Å². The maximum atomic E-state index is 5.65. The molecule has 1 atom stereocenters. The zero-order chi connectivity index (χ0) is 7.40. The number of nitrogens with two attached hydrogens (primary N) is 1. The zero-order valence-corrected chi connectivity index (χ0v) is 6.60. The Morgan fingerprint density at radius 3 is 3.10 bits per heavy atom. The van der Waals surface area contributed by atoms with Gasteiger partial charge in [0.1, 0.15) is 0 Å². The molecule has 2 N–H and O–H groups in total. The van der Waals surface area contributed by atoms with Gasteiger partial charge in [-0.3, -0.25) is 0 Å². The first-order chi connectivity index (χ1) is 4.83. The number of hydrogen-bond acceptors (Lipinski definition) is 2. The second kappa shape index (κ2) is 3.54. The van der Waals surface area contributed by atoms with E-state index in [4.69, 9.17) is 5.73 Å². The lowest BCUT2D eigenvalue weighted by Crippen LogP contribution is -2.18. The molecule has 0 aliphatic rings. The van der Waals surface area contributed by atoms with Crippen LogP contribution in [0.15, 0.2) is 30.2 Å². The molecular formula is C8H11NS. The molecule has 0 saturated carbocycles. The van der Waals surface area contributed by atoms with Crippen LogP contribution in [0.4, 0.5) is 0 Å². The van der Waals surface area contributed by atoms with E-state index in [2.05, 4.69) is 18.0 Å². The summed E-state index contributed by atoms with van der Waals surface area (Å²) in [5.74, 6) is 0. The van der Waals surface area contributed by atoms with Crippen LogP contribution in [0.2, 0.25) is 0 Å². The summed E-state index contributed by atoms with van der Waals surface area (Å²) in [6.45, 7) is 3.62. The zero-order valence-electron chi connectivity index (χ0n) is 5.79. The molecule has 0 aromatic carbocycles. The van der Waals surface area contributed by atoms with Crippen molar-refractivity contribution in [2.45, 2.75) is 12.5 Å². The number of thiophene rings is 1. The lowest BCUT2D eigenvalue weighted by atomic mass is 10.2. The van der Waals surface area contributed by atoms with Gasteiger partial charge in [0.05, 0.1) is 0 Å². The number of hydrogen-bond donors (Lipinski definition) is 1. The first-order valence-electron chi connectivity index (χ1n) is 3.23. The van der Waals surface area contributed by atoms with E-state index in [1.807, 2.05) is 6.07 Å². The molecule has 1 aromatic rings. The molecule has 0 aliphatic heterocycles. The molecule has 54 valence electrons. The van der Waals surface area contributed by atoms with Gasteiger partial charge in [0.15, 0.2) is 0 Å². The second-order valence-electron chi connectivity index (χ2n) is 2.18. The van der Waals surface area contributed by atoms with Crippen LogP contribution in [-0.2, 0) is 6.42 Å². The molecule has 0 bridgehead atoms.